The fourth-order valence-electron chi connectivity index (χ4n) is 2.85. The van der Waals surface area contributed by atoms with Crippen LogP contribution in [-0.4, -0.2) is 5.78 Å². The van der Waals surface area contributed by atoms with E-state index in [0.29, 0.717) is 11.7 Å². The van der Waals surface area contributed by atoms with Crippen molar-refractivity contribution in [3.63, 3.8) is 0 Å². The van der Waals surface area contributed by atoms with E-state index in [0.717, 1.165) is 12.8 Å². The fraction of sp³-hybridized carbons (Fsp3) is 0.786. The number of ketones is 1. The van der Waals surface area contributed by atoms with Crippen LogP contribution in [0.4, 0.5) is 0 Å². The van der Waals surface area contributed by atoms with Crippen molar-refractivity contribution in [2.45, 2.75) is 65.7 Å². The number of rotatable bonds is 4. The minimum absolute atomic E-state index is 0.320. The van der Waals surface area contributed by atoms with E-state index in [-0.39, 0.29) is 0 Å². The first-order valence-corrected chi connectivity index (χ1v) is 6.43. The first-order valence-electron chi connectivity index (χ1n) is 6.43. The predicted molar refractivity (Wildman–Crippen MR) is 64.9 cm³/mol. The van der Waals surface area contributed by atoms with Gasteiger partial charge in [-0.1, -0.05) is 38.7 Å². The Bertz CT molecular complexity index is 238. The van der Waals surface area contributed by atoms with Crippen molar-refractivity contribution in [1.82, 2.24) is 0 Å². The summed E-state index contributed by atoms with van der Waals surface area (Å²) < 4.78 is 0. The highest BCUT2D eigenvalue weighted by molar-refractivity contribution is 5.94. The molecule has 15 heavy (non-hydrogen) atoms. The number of hydrogen-bond acceptors (Lipinski definition) is 1. The summed E-state index contributed by atoms with van der Waals surface area (Å²) >= 11 is 0. The second-order valence-electron chi connectivity index (χ2n) is 4.62. The highest BCUT2D eigenvalue weighted by atomic mass is 16.1. The third kappa shape index (κ3) is 3.19. The Morgan fingerprint density at radius 3 is 2.00 bits per heavy atom. The minimum atomic E-state index is 0.320. The summed E-state index contributed by atoms with van der Waals surface area (Å²) in [5, 5.41) is 0. The zero-order chi connectivity index (χ0) is 11.3. The molecule has 0 saturated heterocycles. The number of hydrogen-bond donors (Lipinski definition) is 0. The van der Waals surface area contributed by atoms with Gasteiger partial charge in [-0.15, -0.1) is 0 Å². The van der Waals surface area contributed by atoms with Gasteiger partial charge >= 0.3 is 0 Å². The van der Waals surface area contributed by atoms with Gasteiger partial charge in [0.05, 0.1) is 0 Å². The SMILES string of the molecule is CCC(CC)=C(C(C)=O)C1CCCCC1. The second-order valence-corrected chi connectivity index (χ2v) is 4.62. The lowest BCUT2D eigenvalue weighted by Crippen LogP contribution is -2.16. The Labute approximate surface area is 93.9 Å². The molecular formula is C14H24O. The third-order valence-electron chi connectivity index (χ3n) is 3.63. The van der Waals surface area contributed by atoms with Gasteiger partial charge in [0.1, 0.15) is 0 Å². The van der Waals surface area contributed by atoms with E-state index < -0.39 is 0 Å². The molecule has 1 saturated carbocycles. The summed E-state index contributed by atoms with van der Waals surface area (Å²) in [6.45, 7) is 6.09. The summed E-state index contributed by atoms with van der Waals surface area (Å²) in [5.74, 6) is 0.895. The van der Waals surface area contributed by atoms with Crippen LogP contribution in [-0.2, 0) is 4.79 Å². The van der Waals surface area contributed by atoms with Crippen molar-refractivity contribution in [3.8, 4) is 0 Å². The molecule has 1 rings (SSSR count). The highest BCUT2D eigenvalue weighted by Gasteiger charge is 2.22. The molecule has 1 heteroatoms. The topological polar surface area (TPSA) is 17.1 Å². The summed E-state index contributed by atoms with van der Waals surface area (Å²) in [6.07, 6.45) is 8.53. The molecule has 0 N–H and O–H groups in total. The maximum absolute atomic E-state index is 11.7. The van der Waals surface area contributed by atoms with Crippen LogP contribution in [0.25, 0.3) is 0 Å². The Balaban J connectivity index is 2.89. The van der Waals surface area contributed by atoms with Crippen molar-refractivity contribution in [2.24, 2.45) is 5.92 Å². The van der Waals surface area contributed by atoms with Crippen LogP contribution >= 0.6 is 0 Å². The molecule has 0 heterocycles. The monoisotopic (exact) mass is 208 g/mol. The van der Waals surface area contributed by atoms with E-state index in [1.807, 2.05) is 0 Å². The average Bonchev–Trinajstić information content (AvgIpc) is 2.26. The molecule has 0 radical (unpaired) electrons. The molecule has 0 aromatic rings. The van der Waals surface area contributed by atoms with Crippen LogP contribution in [0, 0.1) is 5.92 Å². The fourth-order valence-corrected chi connectivity index (χ4v) is 2.85. The first-order chi connectivity index (χ1) is 7.20. The van der Waals surface area contributed by atoms with Gasteiger partial charge in [-0.05, 0) is 44.1 Å². The van der Waals surface area contributed by atoms with Gasteiger partial charge in [0.15, 0.2) is 5.78 Å². The molecule has 0 aliphatic heterocycles. The lowest BCUT2D eigenvalue weighted by atomic mass is 9.79. The van der Waals surface area contributed by atoms with E-state index in [1.165, 1.54) is 43.3 Å². The van der Waals surface area contributed by atoms with Crippen LogP contribution in [0.15, 0.2) is 11.1 Å². The van der Waals surface area contributed by atoms with E-state index in [2.05, 4.69) is 13.8 Å². The lowest BCUT2D eigenvalue weighted by molar-refractivity contribution is -0.114. The van der Waals surface area contributed by atoms with E-state index >= 15 is 0 Å². The van der Waals surface area contributed by atoms with Gasteiger partial charge in [-0.25, -0.2) is 0 Å². The van der Waals surface area contributed by atoms with Crippen LogP contribution in [0.2, 0.25) is 0 Å². The summed E-state index contributed by atoms with van der Waals surface area (Å²) in [7, 11) is 0. The predicted octanol–water partition coefficient (Wildman–Crippen LogP) is 4.27. The quantitative estimate of drug-likeness (QED) is 0.630. The minimum Gasteiger partial charge on any atom is -0.295 e. The standard InChI is InChI=1S/C14H24O/c1-4-12(5-2)14(11(3)15)13-9-7-6-8-10-13/h13H,4-10H2,1-3H3. The highest BCUT2D eigenvalue weighted by Crippen LogP contribution is 2.33. The summed E-state index contributed by atoms with van der Waals surface area (Å²) in [4.78, 5) is 11.7. The van der Waals surface area contributed by atoms with Gasteiger partial charge in [-0.3, -0.25) is 4.79 Å². The van der Waals surface area contributed by atoms with E-state index in [9.17, 15) is 4.79 Å². The second kappa shape index (κ2) is 6.09. The maximum atomic E-state index is 11.7. The number of carbonyl (C=O) groups excluding carboxylic acids is 1. The van der Waals surface area contributed by atoms with Gasteiger partial charge < -0.3 is 0 Å². The first kappa shape index (κ1) is 12.5. The Kier molecular flexibility index (Phi) is 5.07. The van der Waals surface area contributed by atoms with E-state index in [4.69, 9.17) is 0 Å². The molecule has 86 valence electrons. The van der Waals surface area contributed by atoms with Gasteiger partial charge in [0.2, 0.25) is 0 Å². The molecule has 1 nitrogen and oxygen atoms in total. The van der Waals surface area contributed by atoms with Crippen LogP contribution in [0.3, 0.4) is 0 Å². The Morgan fingerprint density at radius 1 is 1.07 bits per heavy atom. The van der Waals surface area contributed by atoms with Crippen molar-refractivity contribution >= 4 is 5.78 Å². The number of Topliss-reactive ketones (excluding diaryl/α,β-unsaturated/α-hetero) is 1. The Morgan fingerprint density at radius 2 is 1.60 bits per heavy atom. The molecule has 0 atom stereocenters. The van der Waals surface area contributed by atoms with Gasteiger partial charge in [0.25, 0.3) is 0 Å². The number of carbonyl (C=O) groups is 1. The van der Waals surface area contributed by atoms with Crippen molar-refractivity contribution in [2.75, 3.05) is 0 Å². The van der Waals surface area contributed by atoms with Crippen LogP contribution < -0.4 is 0 Å². The molecule has 0 amide bonds. The van der Waals surface area contributed by atoms with Crippen molar-refractivity contribution < 1.29 is 4.79 Å². The molecule has 0 bridgehead atoms. The normalized spacial score (nSPS) is 17.5. The van der Waals surface area contributed by atoms with Gasteiger partial charge in [0, 0.05) is 0 Å². The van der Waals surface area contributed by atoms with Gasteiger partial charge in [-0.2, -0.15) is 0 Å². The average molecular weight is 208 g/mol. The smallest absolute Gasteiger partial charge is 0.156 e. The zero-order valence-electron chi connectivity index (χ0n) is 10.4. The summed E-state index contributed by atoms with van der Waals surface area (Å²) in [6, 6.07) is 0. The van der Waals surface area contributed by atoms with Crippen molar-refractivity contribution in [1.29, 1.82) is 0 Å². The van der Waals surface area contributed by atoms with Crippen LogP contribution in [0.1, 0.15) is 65.7 Å². The largest absolute Gasteiger partial charge is 0.295 e. The molecule has 0 aromatic carbocycles. The number of allylic oxidation sites excluding steroid dienone is 2. The summed E-state index contributed by atoms with van der Waals surface area (Å²) in [5.41, 5.74) is 2.58. The molecule has 1 aliphatic carbocycles. The van der Waals surface area contributed by atoms with Crippen LogP contribution in [0.5, 0.6) is 0 Å². The van der Waals surface area contributed by atoms with Crippen molar-refractivity contribution in [3.05, 3.63) is 11.1 Å². The Hall–Kier alpha value is -0.590. The maximum Gasteiger partial charge on any atom is 0.156 e. The molecule has 1 aliphatic rings. The molecular weight excluding hydrogens is 184 g/mol. The van der Waals surface area contributed by atoms with E-state index in [1.54, 1.807) is 6.92 Å². The zero-order valence-corrected chi connectivity index (χ0v) is 10.4. The lowest BCUT2D eigenvalue weighted by Gasteiger charge is -2.25. The third-order valence-corrected chi connectivity index (χ3v) is 3.63. The molecule has 0 aromatic heterocycles. The molecule has 0 spiro atoms. The molecule has 0 unspecified atom stereocenters. The molecule has 1 fully saturated rings.